The monoisotopic (exact) mass is 303 g/mol. The van der Waals surface area contributed by atoms with E-state index in [1.54, 1.807) is 6.26 Å². The molecule has 3 heterocycles. The highest BCUT2D eigenvalue weighted by Gasteiger charge is 2.29. The standard InChI is InChI=1S/C17H25N3O2/c1-13(2)10-21-11-14-7-20(8-15-5-4-6-22-15)9-16-17(14)19(3)12-18-16/h4-6,12-14H,7-11H2,1-3H3/t14-/m1/s1. The summed E-state index contributed by atoms with van der Waals surface area (Å²) in [7, 11) is 2.07. The van der Waals surface area contributed by atoms with E-state index in [0.29, 0.717) is 11.8 Å². The van der Waals surface area contributed by atoms with Gasteiger partial charge in [0.05, 0.1) is 31.4 Å². The maximum absolute atomic E-state index is 5.91. The summed E-state index contributed by atoms with van der Waals surface area (Å²) >= 11 is 0. The average molecular weight is 303 g/mol. The Hall–Kier alpha value is -1.59. The SMILES string of the molecule is CC(C)COC[C@H]1CN(Cc2ccco2)Cc2ncn(C)c21. The van der Waals surface area contributed by atoms with Crippen molar-refractivity contribution in [1.82, 2.24) is 14.5 Å². The van der Waals surface area contributed by atoms with Crippen molar-refractivity contribution in [1.29, 1.82) is 0 Å². The largest absolute Gasteiger partial charge is 0.468 e. The van der Waals surface area contributed by atoms with E-state index in [1.807, 2.05) is 18.5 Å². The van der Waals surface area contributed by atoms with E-state index in [2.05, 4.69) is 35.3 Å². The summed E-state index contributed by atoms with van der Waals surface area (Å²) in [6.45, 7) is 8.59. The molecule has 1 aliphatic rings. The van der Waals surface area contributed by atoms with E-state index in [1.165, 1.54) is 11.4 Å². The predicted molar refractivity (Wildman–Crippen MR) is 84.4 cm³/mol. The maximum atomic E-state index is 5.91. The van der Waals surface area contributed by atoms with Crippen LogP contribution in [-0.4, -0.2) is 34.2 Å². The van der Waals surface area contributed by atoms with Crippen LogP contribution in [0.3, 0.4) is 0 Å². The van der Waals surface area contributed by atoms with Crippen LogP contribution in [0.2, 0.25) is 0 Å². The zero-order chi connectivity index (χ0) is 15.5. The van der Waals surface area contributed by atoms with Gasteiger partial charge < -0.3 is 13.7 Å². The van der Waals surface area contributed by atoms with Crippen LogP contribution in [-0.2, 0) is 24.9 Å². The van der Waals surface area contributed by atoms with Crippen LogP contribution in [0.25, 0.3) is 0 Å². The number of furan rings is 1. The molecule has 0 bridgehead atoms. The van der Waals surface area contributed by atoms with Gasteiger partial charge in [-0.15, -0.1) is 0 Å². The third-order valence-corrected chi connectivity index (χ3v) is 4.03. The summed E-state index contributed by atoms with van der Waals surface area (Å²) in [5.41, 5.74) is 2.48. The minimum absolute atomic E-state index is 0.366. The highest BCUT2D eigenvalue weighted by molar-refractivity contribution is 5.22. The number of aryl methyl sites for hydroxylation is 1. The number of imidazole rings is 1. The zero-order valence-corrected chi connectivity index (χ0v) is 13.7. The molecular formula is C17H25N3O2. The van der Waals surface area contributed by atoms with Gasteiger partial charge in [-0.25, -0.2) is 4.98 Å². The number of hydrogen-bond donors (Lipinski definition) is 0. The number of ether oxygens (including phenoxy) is 1. The maximum Gasteiger partial charge on any atom is 0.117 e. The Morgan fingerprint density at radius 2 is 2.32 bits per heavy atom. The molecule has 0 amide bonds. The molecule has 2 aromatic heterocycles. The van der Waals surface area contributed by atoms with Gasteiger partial charge in [-0.1, -0.05) is 13.8 Å². The molecule has 22 heavy (non-hydrogen) atoms. The summed E-state index contributed by atoms with van der Waals surface area (Å²) in [6, 6.07) is 3.97. The molecule has 3 rings (SSSR count). The summed E-state index contributed by atoms with van der Waals surface area (Å²) in [4.78, 5) is 6.95. The predicted octanol–water partition coefficient (Wildman–Crippen LogP) is 2.79. The van der Waals surface area contributed by atoms with Crippen LogP contribution in [0.5, 0.6) is 0 Å². The fraction of sp³-hybridized carbons (Fsp3) is 0.588. The average Bonchev–Trinajstić information content (AvgIpc) is 3.09. The van der Waals surface area contributed by atoms with Gasteiger partial charge in [0.1, 0.15) is 5.76 Å². The lowest BCUT2D eigenvalue weighted by Gasteiger charge is -2.32. The van der Waals surface area contributed by atoms with E-state index in [0.717, 1.165) is 38.6 Å². The second kappa shape index (κ2) is 6.67. The first-order chi connectivity index (χ1) is 10.6. The van der Waals surface area contributed by atoms with E-state index >= 15 is 0 Å². The molecule has 0 radical (unpaired) electrons. The topological polar surface area (TPSA) is 43.4 Å². The summed E-state index contributed by atoms with van der Waals surface area (Å²) in [5.74, 6) is 1.93. The number of fused-ring (bicyclic) bond motifs is 1. The lowest BCUT2D eigenvalue weighted by atomic mass is 9.99. The zero-order valence-electron chi connectivity index (χ0n) is 13.7. The number of nitrogens with zero attached hydrogens (tertiary/aromatic N) is 3. The molecule has 5 nitrogen and oxygen atoms in total. The van der Waals surface area contributed by atoms with Crippen molar-refractivity contribution in [3.05, 3.63) is 41.9 Å². The van der Waals surface area contributed by atoms with E-state index in [9.17, 15) is 0 Å². The normalized spacial score (nSPS) is 18.8. The molecule has 0 saturated carbocycles. The molecule has 0 unspecified atom stereocenters. The van der Waals surface area contributed by atoms with Crippen molar-refractivity contribution < 1.29 is 9.15 Å². The molecule has 0 fully saturated rings. The van der Waals surface area contributed by atoms with Crippen LogP contribution in [0.1, 0.15) is 36.9 Å². The molecule has 2 aromatic rings. The van der Waals surface area contributed by atoms with Crippen LogP contribution in [0, 0.1) is 5.92 Å². The molecule has 1 aliphatic heterocycles. The first kappa shape index (κ1) is 15.3. The van der Waals surface area contributed by atoms with Crippen molar-refractivity contribution in [3.8, 4) is 0 Å². The van der Waals surface area contributed by atoms with Gasteiger partial charge in [-0.05, 0) is 18.1 Å². The molecule has 0 aromatic carbocycles. The molecule has 5 heteroatoms. The minimum Gasteiger partial charge on any atom is -0.468 e. The summed E-state index contributed by atoms with van der Waals surface area (Å²) in [6.07, 6.45) is 3.64. The third kappa shape index (κ3) is 3.42. The van der Waals surface area contributed by atoms with Crippen LogP contribution >= 0.6 is 0 Å². The first-order valence-corrected chi connectivity index (χ1v) is 7.96. The minimum atomic E-state index is 0.366. The second-order valence-electron chi connectivity index (χ2n) is 6.56. The van der Waals surface area contributed by atoms with Crippen molar-refractivity contribution in [2.75, 3.05) is 19.8 Å². The van der Waals surface area contributed by atoms with E-state index in [4.69, 9.17) is 9.15 Å². The van der Waals surface area contributed by atoms with Crippen molar-refractivity contribution in [2.45, 2.75) is 32.9 Å². The lowest BCUT2D eigenvalue weighted by molar-refractivity contribution is 0.0755. The van der Waals surface area contributed by atoms with E-state index < -0.39 is 0 Å². The Balaban J connectivity index is 1.70. The second-order valence-corrected chi connectivity index (χ2v) is 6.56. The van der Waals surface area contributed by atoms with Crippen LogP contribution in [0.15, 0.2) is 29.1 Å². The number of aromatic nitrogens is 2. The van der Waals surface area contributed by atoms with Crippen molar-refractivity contribution in [3.63, 3.8) is 0 Å². The molecule has 0 saturated heterocycles. The summed E-state index contributed by atoms with van der Waals surface area (Å²) < 4.78 is 13.5. The molecular weight excluding hydrogens is 278 g/mol. The Labute approximate surface area is 131 Å². The quantitative estimate of drug-likeness (QED) is 0.823. The molecule has 120 valence electrons. The summed E-state index contributed by atoms with van der Waals surface area (Å²) in [5, 5.41) is 0. The first-order valence-electron chi connectivity index (χ1n) is 7.96. The molecule has 0 spiro atoms. The van der Waals surface area contributed by atoms with Gasteiger partial charge in [0.25, 0.3) is 0 Å². The van der Waals surface area contributed by atoms with Gasteiger partial charge in [-0.3, -0.25) is 4.90 Å². The van der Waals surface area contributed by atoms with Gasteiger partial charge in [0.2, 0.25) is 0 Å². The Morgan fingerprint density at radius 1 is 1.45 bits per heavy atom. The van der Waals surface area contributed by atoms with Gasteiger partial charge in [0, 0.05) is 38.4 Å². The highest BCUT2D eigenvalue weighted by atomic mass is 16.5. The molecule has 0 aliphatic carbocycles. The Bertz CT molecular complexity index is 589. The number of rotatable bonds is 6. The van der Waals surface area contributed by atoms with Crippen LogP contribution in [0.4, 0.5) is 0 Å². The van der Waals surface area contributed by atoms with Crippen molar-refractivity contribution >= 4 is 0 Å². The Kier molecular flexibility index (Phi) is 4.64. The Morgan fingerprint density at radius 3 is 3.05 bits per heavy atom. The van der Waals surface area contributed by atoms with Crippen molar-refractivity contribution in [2.24, 2.45) is 13.0 Å². The van der Waals surface area contributed by atoms with Gasteiger partial charge in [0.15, 0.2) is 0 Å². The molecule has 0 N–H and O–H groups in total. The number of hydrogen-bond acceptors (Lipinski definition) is 4. The van der Waals surface area contributed by atoms with Gasteiger partial charge in [-0.2, -0.15) is 0 Å². The fourth-order valence-corrected chi connectivity index (χ4v) is 3.13. The molecule has 1 atom stereocenters. The van der Waals surface area contributed by atoms with E-state index in [-0.39, 0.29) is 0 Å². The van der Waals surface area contributed by atoms with Crippen LogP contribution < -0.4 is 0 Å². The lowest BCUT2D eigenvalue weighted by Crippen LogP contribution is -2.36. The van der Waals surface area contributed by atoms with Gasteiger partial charge >= 0.3 is 0 Å². The fourth-order valence-electron chi connectivity index (χ4n) is 3.13. The smallest absolute Gasteiger partial charge is 0.117 e. The third-order valence-electron chi connectivity index (χ3n) is 4.03. The highest BCUT2D eigenvalue weighted by Crippen LogP contribution is 2.28.